The van der Waals surface area contributed by atoms with Crippen molar-refractivity contribution in [3.05, 3.63) is 40.0 Å². The molecular weight excluding hydrogens is 300 g/mol. The fraction of sp³-hybridized carbons (Fsp3) is 0.500. The summed E-state index contributed by atoms with van der Waals surface area (Å²) >= 11 is 0. The molecule has 1 amide bonds. The van der Waals surface area contributed by atoms with Gasteiger partial charge in [-0.15, -0.1) is 0 Å². The molecule has 2 aromatic rings. The van der Waals surface area contributed by atoms with Crippen LogP contribution in [0, 0.1) is 24.0 Å². The standard InChI is InChI=1S/C14H20N6O3/c1-10-5-8-18(16-10)7-4-6-15-14(21)12(3)19-9-13(20(22)23)11(2)17-19/h5,8-9,12H,4,6-7H2,1-3H3,(H,15,21). The molecule has 0 fully saturated rings. The number of amides is 1. The van der Waals surface area contributed by atoms with Gasteiger partial charge in [-0.3, -0.25) is 24.3 Å². The SMILES string of the molecule is Cc1ccn(CCCNC(=O)C(C)n2cc([N+](=O)[O-])c(C)n2)n1. The number of aryl methyl sites for hydroxylation is 3. The third kappa shape index (κ3) is 4.15. The number of rotatable bonds is 7. The van der Waals surface area contributed by atoms with Gasteiger partial charge in [0.2, 0.25) is 5.91 Å². The summed E-state index contributed by atoms with van der Waals surface area (Å²) in [5.74, 6) is -0.223. The van der Waals surface area contributed by atoms with Gasteiger partial charge >= 0.3 is 5.69 Å². The first-order valence-corrected chi connectivity index (χ1v) is 7.36. The Balaban J connectivity index is 1.83. The molecule has 0 bridgehead atoms. The van der Waals surface area contributed by atoms with Crippen LogP contribution in [0.15, 0.2) is 18.5 Å². The fourth-order valence-electron chi connectivity index (χ4n) is 2.16. The predicted molar refractivity (Wildman–Crippen MR) is 82.9 cm³/mol. The van der Waals surface area contributed by atoms with Crippen LogP contribution in [0.3, 0.4) is 0 Å². The number of nitrogens with one attached hydrogen (secondary N) is 1. The zero-order chi connectivity index (χ0) is 17.0. The molecule has 0 saturated heterocycles. The highest BCUT2D eigenvalue weighted by Gasteiger charge is 2.21. The summed E-state index contributed by atoms with van der Waals surface area (Å²) in [5.41, 5.74) is 1.17. The van der Waals surface area contributed by atoms with Crippen LogP contribution in [0.1, 0.15) is 30.8 Å². The van der Waals surface area contributed by atoms with Crippen molar-refractivity contribution in [1.29, 1.82) is 0 Å². The van der Waals surface area contributed by atoms with Crippen LogP contribution < -0.4 is 5.32 Å². The topological polar surface area (TPSA) is 108 Å². The molecule has 2 heterocycles. The minimum atomic E-state index is -0.602. The van der Waals surface area contributed by atoms with E-state index in [0.717, 1.165) is 18.7 Å². The third-order valence-corrected chi connectivity index (χ3v) is 3.50. The lowest BCUT2D eigenvalue weighted by molar-refractivity contribution is -0.385. The Morgan fingerprint density at radius 2 is 2.17 bits per heavy atom. The minimum absolute atomic E-state index is 0.0845. The molecule has 0 radical (unpaired) electrons. The Bertz CT molecular complexity index is 705. The lowest BCUT2D eigenvalue weighted by Crippen LogP contribution is -2.32. The third-order valence-electron chi connectivity index (χ3n) is 3.50. The summed E-state index contributed by atoms with van der Waals surface area (Å²) < 4.78 is 3.14. The molecule has 9 heteroatoms. The monoisotopic (exact) mass is 320 g/mol. The molecule has 2 aromatic heterocycles. The van der Waals surface area contributed by atoms with Crippen LogP contribution in [-0.2, 0) is 11.3 Å². The maximum atomic E-state index is 12.1. The van der Waals surface area contributed by atoms with E-state index in [4.69, 9.17) is 0 Å². The normalized spacial score (nSPS) is 12.1. The predicted octanol–water partition coefficient (Wildman–Crippen LogP) is 1.37. The van der Waals surface area contributed by atoms with Crippen molar-refractivity contribution in [3.63, 3.8) is 0 Å². The van der Waals surface area contributed by atoms with Crippen molar-refractivity contribution in [1.82, 2.24) is 24.9 Å². The van der Waals surface area contributed by atoms with Gasteiger partial charge in [-0.2, -0.15) is 10.2 Å². The smallest absolute Gasteiger partial charge is 0.309 e. The van der Waals surface area contributed by atoms with E-state index in [1.54, 1.807) is 13.8 Å². The summed E-state index contributed by atoms with van der Waals surface area (Å²) in [6.07, 6.45) is 3.93. The van der Waals surface area contributed by atoms with E-state index in [0.29, 0.717) is 12.2 Å². The maximum absolute atomic E-state index is 12.1. The van der Waals surface area contributed by atoms with E-state index in [-0.39, 0.29) is 11.6 Å². The van der Waals surface area contributed by atoms with Crippen LogP contribution in [0.4, 0.5) is 5.69 Å². The molecule has 0 saturated carbocycles. The summed E-state index contributed by atoms with van der Waals surface area (Å²) in [6, 6.07) is 1.32. The Morgan fingerprint density at radius 1 is 1.43 bits per heavy atom. The number of nitro groups is 1. The first kappa shape index (κ1) is 16.7. The van der Waals surface area contributed by atoms with Crippen LogP contribution in [0.2, 0.25) is 0 Å². The summed E-state index contributed by atoms with van der Waals surface area (Å²) in [7, 11) is 0. The highest BCUT2D eigenvalue weighted by Crippen LogP contribution is 2.18. The molecule has 0 aliphatic carbocycles. The molecule has 2 rings (SSSR count). The zero-order valence-electron chi connectivity index (χ0n) is 13.4. The molecule has 23 heavy (non-hydrogen) atoms. The molecule has 124 valence electrons. The second-order valence-corrected chi connectivity index (χ2v) is 5.38. The largest absolute Gasteiger partial charge is 0.354 e. The van der Waals surface area contributed by atoms with E-state index in [9.17, 15) is 14.9 Å². The van der Waals surface area contributed by atoms with Crippen molar-refractivity contribution < 1.29 is 9.72 Å². The van der Waals surface area contributed by atoms with Crippen molar-refractivity contribution in [2.45, 2.75) is 39.8 Å². The van der Waals surface area contributed by atoms with Crippen molar-refractivity contribution >= 4 is 11.6 Å². The molecule has 1 unspecified atom stereocenters. The highest BCUT2D eigenvalue weighted by molar-refractivity contribution is 5.79. The van der Waals surface area contributed by atoms with Gasteiger partial charge in [-0.05, 0) is 33.3 Å². The Kier molecular flexibility index (Phi) is 5.09. The zero-order valence-corrected chi connectivity index (χ0v) is 13.4. The molecule has 1 atom stereocenters. The second-order valence-electron chi connectivity index (χ2n) is 5.38. The Hall–Kier alpha value is -2.71. The molecular formula is C14H20N6O3. The van der Waals surface area contributed by atoms with Gasteiger partial charge in [0.15, 0.2) is 0 Å². The molecule has 9 nitrogen and oxygen atoms in total. The van der Waals surface area contributed by atoms with Crippen molar-refractivity contribution in [2.75, 3.05) is 6.54 Å². The van der Waals surface area contributed by atoms with E-state index in [1.807, 2.05) is 23.9 Å². The second kappa shape index (κ2) is 7.03. The Labute approximate surface area is 133 Å². The van der Waals surface area contributed by atoms with E-state index < -0.39 is 11.0 Å². The summed E-state index contributed by atoms with van der Waals surface area (Å²) in [4.78, 5) is 22.4. The van der Waals surface area contributed by atoms with Gasteiger partial charge < -0.3 is 5.32 Å². The molecule has 0 spiro atoms. The minimum Gasteiger partial charge on any atom is -0.354 e. The lowest BCUT2D eigenvalue weighted by Gasteiger charge is -2.12. The van der Waals surface area contributed by atoms with Crippen molar-refractivity contribution in [3.8, 4) is 0 Å². The van der Waals surface area contributed by atoms with E-state index in [2.05, 4.69) is 15.5 Å². The van der Waals surface area contributed by atoms with Crippen LogP contribution >= 0.6 is 0 Å². The summed E-state index contributed by atoms with van der Waals surface area (Å²) in [5, 5.41) is 21.9. The van der Waals surface area contributed by atoms with Crippen LogP contribution in [0.25, 0.3) is 0 Å². The van der Waals surface area contributed by atoms with Gasteiger partial charge in [0, 0.05) is 19.3 Å². The first-order chi connectivity index (χ1) is 10.9. The van der Waals surface area contributed by atoms with E-state index >= 15 is 0 Å². The summed E-state index contributed by atoms with van der Waals surface area (Å²) in [6.45, 7) is 6.35. The number of carbonyl (C=O) groups is 1. The van der Waals surface area contributed by atoms with Gasteiger partial charge in [0.05, 0.1) is 10.6 Å². The average molecular weight is 320 g/mol. The van der Waals surface area contributed by atoms with Gasteiger partial charge in [0.25, 0.3) is 0 Å². The maximum Gasteiger partial charge on any atom is 0.309 e. The lowest BCUT2D eigenvalue weighted by atomic mass is 10.3. The van der Waals surface area contributed by atoms with Gasteiger partial charge in [0.1, 0.15) is 17.9 Å². The number of hydrogen-bond acceptors (Lipinski definition) is 5. The van der Waals surface area contributed by atoms with Gasteiger partial charge in [-0.25, -0.2) is 0 Å². The quantitative estimate of drug-likeness (QED) is 0.471. The fourth-order valence-corrected chi connectivity index (χ4v) is 2.16. The highest BCUT2D eigenvalue weighted by atomic mass is 16.6. The molecule has 0 aliphatic heterocycles. The number of hydrogen-bond donors (Lipinski definition) is 1. The number of carbonyl (C=O) groups excluding carboxylic acids is 1. The first-order valence-electron chi connectivity index (χ1n) is 7.36. The number of aromatic nitrogens is 4. The Morgan fingerprint density at radius 3 is 2.74 bits per heavy atom. The van der Waals surface area contributed by atoms with Crippen LogP contribution in [-0.4, -0.2) is 36.9 Å². The molecule has 0 aromatic carbocycles. The van der Waals surface area contributed by atoms with Crippen molar-refractivity contribution in [2.24, 2.45) is 0 Å². The molecule has 0 aliphatic rings. The van der Waals surface area contributed by atoms with Crippen LogP contribution in [0.5, 0.6) is 0 Å². The number of nitrogens with zero attached hydrogens (tertiary/aromatic N) is 5. The average Bonchev–Trinajstić information content (AvgIpc) is 3.08. The van der Waals surface area contributed by atoms with Gasteiger partial charge in [-0.1, -0.05) is 0 Å². The van der Waals surface area contributed by atoms with E-state index in [1.165, 1.54) is 10.9 Å². The molecule has 1 N–H and O–H groups in total.